The molecule has 0 heterocycles. The third-order valence-electron chi connectivity index (χ3n) is 1.21. The molecule has 0 saturated heterocycles. The Morgan fingerprint density at radius 2 is 0.824 bits per heavy atom. The number of halogens is 10. The topological polar surface area (TPSA) is 20.2 Å². The van der Waals surface area contributed by atoms with Crippen molar-refractivity contribution in [3.05, 3.63) is 0 Å². The number of rotatable bonds is 2. The molecule has 0 bridgehead atoms. The molecule has 100 valence electrons. The van der Waals surface area contributed by atoms with Gasteiger partial charge in [0.25, 0.3) is 0 Å². The summed E-state index contributed by atoms with van der Waals surface area (Å²) in [7, 11) is -5.96. The Balaban J connectivity index is -0.00000112. The summed E-state index contributed by atoms with van der Waals surface area (Å²) in [5.74, 6) is 0. The van der Waals surface area contributed by atoms with E-state index < -0.39 is 31.8 Å². The first-order valence-electron chi connectivity index (χ1n) is 3.04. The van der Waals surface area contributed by atoms with Crippen molar-refractivity contribution in [3.63, 3.8) is 0 Å². The molecule has 0 aromatic carbocycles. The maximum absolute atomic E-state index is 12.0. The molecule has 1 nitrogen and oxygen atoms in total. The van der Waals surface area contributed by atoms with Gasteiger partial charge < -0.3 is 6.32 Å². The van der Waals surface area contributed by atoms with Crippen molar-refractivity contribution in [2.45, 2.75) is 23.7 Å². The SMILES string of the molecule is OP(C(F)(F)C(F)(F)F)C(F)(F)C(F)(F)F.[H-].[Na+]. The molecule has 0 aromatic heterocycles. The van der Waals surface area contributed by atoms with Gasteiger partial charge in [0.2, 0.25) is 0 Å². The van der Waals surface area contributed by atoms with Gasteiger partial charge >= 0.3 is 53.2 Å². The molecule has 1 N–H and O–H groups in total. The van der Waals surface area contributed by atoms with Gasteiger partial charge in [-0.1, -0.05) is 0 Å². The van der Waals surface area contributed by atoms with Gasteiger partial charge in [-0.05, 0) is 0 Å². The van der Waals surface area contributed by atoms with Crippen LogP contribution in [0.15, 0.2) is 0 Å². The standard InChI is InChI=1S/C4HF10OP.Na.H/c5-1(6,7)3(11,12)16(15)4(13,14)2(8,9)10;;/h15H;;/q;+1;-1. The van der Waals surface area contributed by atoms with Crippen LogP contribution in [-0.4, -0.2) is 28.6 Å². The molecule has 13 heteroatoms. The summed E-state index contributed by atoms with van der Waals surface area (Å²) in [6.07, 6.45) is -13.4. The molecule has 0 atom stereocenters. The largest absolute Gasteiger partial charge is 1.00 e. The van der Waals surface area contributed by atoms with E-state index in [1.807, 2.05) is 0 Å². The van der Waals surface area contributed by atoms with Crippen LogP contribution in [0.1, 0.15) is 1.43 Å². The van der Waals surface area contributed by atoms with Crippen LogP contribution in [0.5, 0.6) is 0 Å². The summed E-state index contributed by atoms with van der Waals surface area (Å²) >= 11 is 0. The van der Waals surface area contributed by atoms with E-state index in [1.165, 1.54) is 0 Å². The van der Waals surface area contributed by atoms with Crippen LogP contribution in [0.4, 0.5) is 43.9 Å². The predicted molar refractivity (Wildman–Crippen MR) is 32.3 cm³/mol. The van der Waals surface area contributed by atoms with Gasteiger partial charge in [-0.3, -0.25) is 0 Å². The molecular weight excluding hydrogens is 308 g/mol. The van der Waals surface area contributed by atoms with E-state index in [2.05, 4.69) is 0 Å². The van der Waals surface area contributed by atoms with Crippen molar-refractivity contribution in [1.29, 1.82) is 0 Å². The molecule has 0 amide bonds. The van der Waals surface area contributed by atoms with E-state index in [-0.39, 0.29) is 31.0 Å². The first-order valence-corrected chi connectivity index (χ1v) is 4.33. The molecule has 0 unspecified atom stereocenters. The fourth-order valence-corrected chi connectivity index (χ4v) is 1.25. The fraction of sp³-hybridized carbons (Fsp3) is 1.00. The molecule has 0 aliphatic rings. The molecule has 0 radical (unpaired) electrons. The molecule has 0 aromatic rings. The van der Waals surface area contributed by atoms with Gasteiger partial charge in [0.15, 0.2) is 8.15 Å². The zero-order chi connectivity index (χ0) is 13.6. The van der Waals surface area contributed by atoms with E-state index in [0.29, 0.717) is 0 Å². The first kappa shape index (κ1) is 20.0. The van der Waals surface area contributed by atoms with Crippen molar-refractivity contribution in [2.75, 3.05) is 0 Å². The average Bonchev–Trinajstić information content (AvgIpc) is 1.98. The molecule has 17 heavy (non-hydrogen) atoms. The van der Waals surface area contributed by atoms with Gasteiger partial charge in [0.05, 0.1) is 0 Å². The van der Waals surface area contributed by atoms with Gasteiger partial charge in [0.1, 0.15) is 0 Å². The third-order valence-corrected chi connectivity index (χ3v) is 2.79. The van der Waals surface area contributed by atoms with Crippen LogP contribution < -0.4 is 29.6 Å². The molecule has 0 rings (SSSR count). The Labute approximate surface area is 112 Å². The normalized spacial score (nSPS) is 14.8. The van der Waals surface area contributed by atoms with Crippen LogP contribution >= 0.6 is 8.15 Å². The van der Waals surface area contributed by atoms with Crippen LogP contribution in [0.3, 0.4) is 0 Å². The van der Waals surface area contributed by atoms with E-state index in [4.69, 9.17) is 4.89 Å². The maximum atomic E-state index is 12.0. The molecule has 0 spiro atoms. The molecular formula is C4H2F10NaOP. The van der Waals surface area contributed by atoms with Gasteiger partial charge in [-0.15, -0.1) is 0 Å². The van der Waals surface area contributed by atoms with Gasteiger partial charge in [-0.2, -0.15) is 43.9 Å². The van der Waals surface area contributed by atoms with E-state index in [1.54, 1.807) is 0 Å². The molecule has 0 aliphatic carbocycles. The summed E-state index contributed by atoms with van der Waals surface area (Å²) in [6.45, 7) is 0. The summed E-state index contributed by atoms with van der Waals surface area (Å²) < 4.78 is 117. The monoisotopic (exact) mass is 310 g/mol. The Morgan fingerprint density at radius 3 is 0.941 bits per heavy atom. The second-order valence-corrected chi connectivity index (χ2v) is 4.14. The van der Waals surface area contributed by atoms with Crippen LogP contribution in [0, 0.1) is 0 Å². The van der Waals surface area contributed by atoms with E-state index in [9.17, 15) is 43.9 Å². The Kier molecular flexibility index (Phi) is 6.31. The van der Waals surface area contributed by atoms with E-state index >= 15 is 0 Å². The zero-order valence-electron chi connectivity index (χ0n) is 8.67. The Bertz CT molecular complexity index is 238. The molecule has 0 saturated carbocycles. The zero-order valence-corrected chi connectivity index (χ0v) is 10.6. The van der Waals surface area contributed by atoms with Crippen LogP contribution in [0.2, 0.25) is 0 Å². The smallest absolute Gasteiger partial charge is 1.00 e. The minimum absolute atomic E-state index is 0. The first-order chi connectivity index (χ1) is 6.65. The van der Waals surface area contributed by atoms with Crippen molar-refractivity contribution >= 4 is 8.15 Å². The minimum Gasteiger partial charge on any atom is -1.00 e. The summed E-state index contributed by atoms with van der Waals surface area (Å²) in [4.78, 5) is 7.90. The number of alkyl halides is 10. The van der Waals surface area contributed by atoms with Crippen molar-refractivity contribution in [2.24, 2.45) is 0 Å². The van der Waals surface area contributed by atoms with Gasteiger partial charge in [-0.25, -0.2) is 0 Å². The van der Waals surface area contributed by atoms with Gasteiger partial charge in [0, 0.05) is 0 Å². The summed E-state index contributed by atoms with van der Waals surface area (Å²) in [5, 5.41) is 0. The predicted octanol–water partition coefficient (Wildman–Crippen LogP) is 0.802. The fourth-order valence-electron chi connectivity index (χ4n) is 0.417. The van der Waals surface area contributed by atoms with Crippen LogP contribution in [0.25, 0.3) is 0 Å². The average molecular weight is 310 g/mol. The Hall–Kier alpha value is 0.690. The quantitative estimate of drug-likeness (QED) is 0.454. The summed E-state index contributed by atoms with van der Waals surface area (Å²) in [6, 6.07) is 0. The van der Waals surface area contributed by atoms with Crippen LogP contribution in [-0.2, 0) is 0 Å². The molecule has 0 aliphatic heterocycles. The van der Waals surface area contributed by atoms with Crippen molar-refractivity contribution in [1.82, 2.24) is 0 Å². The minimum atomic E-state index is -6.69. The second kappa shape index (κ2) is 5.36. The summed E-state index contributed by atoms with van der Waals surface area (Å²) in [5.41, 5.74) is -13.0. The maximum Gasteiger partial charge on any atom is 1.00 e. The van der Waals surface area contributed by atoms with Crippen molar-refractivity contribution in [3.8, 4) is 0 Å². The van der Waals surface area contributed by atoms with E-state index in [0.717, 1.165) is 0 Å². The second-order valence-electron chi connectivity index (χ2n) is 2.39. The third kappa shape index (κ3) is 3.82. The Morgan fingerprint density at radius 1 is 0.647 bits per heavy atom. The van der Waals surface area contributed by atoms with Crippen molar-refractivity contribution < 1.29 is 79.8 Å². The molecule has 0 fully saturated rings. The number of hydrogen-bond donors (Lipinski definition) is 1. The number of hydrogen-bond acceptors (Lipinski definition) is 1.